The van der Waals surface area contributed by atoms with Crippen LogP contribution in [-0.4, -0.2) is 62.3 Å². The summed E-state index contributed by atoms with van der Waals surface area (Å²) in [7, 11) is 2.90. The summed E-state index contributed by atoms with van der Waals surface area (Å²) in [5.74, 6) is 1.51. The zero-order valence-electron chi connectivity index (χ0n) is 20.8. The van der Waals surface area contributed by atoms with Crippen molar-refractivity contribution < 1.29 is 38.7 Å². The molecule has 9 heteroatoms. The maximum absolute atomic E-state index is 11.8. The molecule has 3 aromatic rings. The highest BCUT2D eigenvalue weighted by molar-refractivity contribution is 5.93. The molecular formula is C28H31NO8. The number of carboxylic acids is 1. The van der Waals surface area contributed by atoms with Crippen molar-refractivity contribution >= 4 is 5.97 Å². The number of hydrogen-bond acceptors (Lipinski definition) is 8. The van der Waals surface area contributed by atoms with Crippen LogP contribution < -0.4 is 29.0 Å². The van der Waals surface area contributed by atoms with Crippen molar-refractivity contribution in [3.8, 4) is 34.5 Å². The summed E-state index contributed by atoms with van der Waals surface area (Å²) in [5, 5.41) is 23.1. The van der Waals surface area contributed by atoms with Gasteiger partial charge in [-0.2, -0.15) is 0 Å². The van der Waals surface area contributed by atoms with Gasteiger partial charge in [-0.3, -0.25) is 0 Å². The van der Waals surface area contributed by atoms with Crippen molar-refractivity contribution in [3.63, 3.8) is 0 Å². The van der Waals surface area contributed by atoms with E-state index in [1.54, 1.807) is 12.1 Å². The average molecular weight is 510 g/mol. The Morgan fingerprint density at radius 3 is 2.59 bits per heavy atom. The molecule has 0 unspecified atom stereocenters. The molecule has 37 heavy (non-hydrogen) atoms. The number of carboxylic acid groups (broad SMARTS) is 1. The second kappa shape index (κ2) is 12.3. The van der Waals surface area contributed by atoms with Gasteiger partial charge in [-0.1, -0.05) is 18.2 Å². The van der Waals surface area contributed by atoms with E-state index < -0.39 is 12.1 Å². The number of methoxy groups -OCH3 is 2. The number of para-hydroxylation sites is 1. The van der Waals surface area contributed by atoms with Crippen LogP contribution in [0.4, 0.5) is 0 Å². The first kappa shape index (κ1) is 26.1. The van der Waals surface area contributed by atoms with Crippen LogP contribution in [0.3, 0.4) is 0 Å². The summed E-state index contributed by atoms with van der Waals surface area (Å²) in [4.78, 5) is 11.8. The molecular weight excluding hydrogens is 478 g/mol. The lowest BCUT2D eigenvalue weighted by atomic mass is 10.0. The zero-order valence-corrected chi connectivity index (χ0v) is 20.8. The van der Waals surface area contributed by atoms with Gasteiger partial charge in [0.15, 0.2) is 11.5 Å². The number of aromatic carboxylic acids is 1. The Balaban J connectivity index is 1.32. The third-order valence-electron chi connectivity index (χ3n) is 5.93. The summed E-state index contributed by atoms with van der Waals surface area (Å²) in [6.07, 6.45) is 0.874. The molecule has 1 aliphatic rings. The van der Waals surface area contributed by atoms with Gasteiger partial charge >= 0.3 is 5.97 Å². The van der Waals surface area contributed by atoms with E-state index in [-0.39, 0.29) is 29.8 Å². The van der Waals surface area contributed by atoms with Gasteiger partial charge in [-0.15, -0.1) is 0 Å². The lowest BCUT2D eigenvalue weighted by Gasteiger charge is -2.27. The number of hydrogen-bond donors (Lipinski definition) is 3. The third-order valence-corrected chi connectivity index (χ3v) is 5.93. The predicted octanol–water partition coefficient (Wildman–Crippen LogP) is 3.92. The minimum atomic E-state index is -1.15. The number of nitrogens with one attached hydrogen (secondary N) is 1. The van der Waals surface area contributed by atoms with Gasteiger partial charge < -0.3 is 39.2 Å². The molecule has 0 saturated heterocycles. The van der Waals surface area contributed by atoms with Crippen LogP contribution >= 0.6 is 0 Å². The van der Waals surface area contributed by atoms with Gasteiger partial charge in [0.1, 0.15) is 47.4 Å². The topological polar surface area (TPSA) is 116 Å². The van der Waals surface area contributed by atoms with Gasteiger partial charge in [0.2, 0.25) is 0 Å². The fourth-order valence-corrected chi connectivity index (χ4v) is 4.04. The highest BCUT2D eigenvalue weighted by Crippen LogP contribution is 2.40. The normalized spacial score (nSPS) is 15.2. The van der Waals surface area contributed by atoms with Crippen LogP contribution in [0.5, 0.6) is 34.5 Å². The van der Waals surface area contributed by atoms with E-state index in [1.807, 2.05) is 42.5 Å². The minimum Gasteiger partial charge on any atom is -0.497 e. The summed E-state index contributed by atoms with van der Waals surface area (Å²) in [6, 6.07) is 17.7. The molecule has 0 spiro atoms. The standard InChI is InChI=1S/C28H31NO8/c1-33-23-13-24(28(31)32)27(26(14-23)34-2)37-21-10-11-25-18(12-21)8-9-22(36-25)16-29-15-19(30)17-35-20-6-4-3-5-7-20/h3-7,10-14,19,22,29-30H,8-9,15-17H2,1-2H3,(H,31,32)/t19-,22+/m0/s1. The zero-order chi connectivity index (χ0) is 26.2. The molecule has 3 aromatic carbocycles. The first-order valence-electron chi connectivity index (χ1n) is 12.0. The maximum atomic E-state index is 11.8. The molecule has 4 rings (SSSR count). The predicted molar refractivity (Wildman–Crippen MR) is 137 cm³/mol. The van der Waals surface area contributed by atoms with Crippen molar-refractivity contribution in [3.05, 3.63) is 71.8 Å². The smallest absolute Gasteiger partial charge is 0.339 e. The van der Waals surface area contributed by atoms with Crippen molar-refractivity contribution in [2.45, 2.75) is 25.0 Å². The van der Waals surface area contributed by atoms with Gasteiger partial charge in [-0.25, -0.2) is 4.79 Å². The molecule has 0 aliphatic carbocycles. The monoisotopic (exact) mass is 509 g/mol. The Kier molecular flexibility index (Phi) is 8.71. The number of fused-ring (bicyclic) bond motifs is 1. The molecule has 3 N–H and O–H groups in total. The molecule has 0 saturated carbocycles. The van der Waals surface area contributed by atoms with Crippen LogP contribution in [0.15, 0.2) is 60.7 Å². The molecule has 0 amide bonds. The Labute approximate surface area is 215 Å². The third kappa shape index (κ3) is 6.84. The van der Waals surface area contributed by atoms with E-state index in [4.69, 9.17) is 23.7 Å². The maximum Gasteiger partial charge on any atom is 0.339 e. The van der Waals surface area contributed by atoms with Crippen LogP contribution in [-0.2, 0) is 6.42 Å². The lowest BCUT2D eigenvalue weighted by molar-refractivity contribution is 0.0693. The van der Waals surface area contributed by atoms with Gasteiger partial charge in [-0.05, 0) is 54.8 Å². The number of aliphatic hydroxyl groups is 1. The van der Waals surface area contributed by atoms with E-state index in [2.05, 4.69) is 5.32 Å². The molecule has 9 nitrogen and oxygen atoms in total. The largest absolute Gasteiger partial charge is 0.497 e. The quantitative estimate of drug-likeness (QED) is 0.334. The highest BCUT2D eigenvalue weighted by atomic mass is 16.5. The Morgan fingerprint density at radius 2 is 1.86 bits per heavy atom. The number of aliphatic hydroxyl groups excluding tert-OH is 1. The highest BCUT2D eigenvalue weighted by Gasteiger charge is 2.23. The first-order chi connectivity index (χ1) is 18.0. The lowest BCUT2D eigenvalue weighted by Crippen LogP contribution is -2.39. The average Bonchev–Trinajstić information content (AvgIpc) is 2.92. The van der Waals surface area contributed by atoms with Crippen molar-refractivity contribution in [2.24, 2.45) is 0 Å². The number of aryl methyl sites for hydroxylation is 1. The van der Waals surface area contributed by atoms with E-state index in [0.29, 0.717) is 24.6 Å². The second-order valence-corrected chi connectivity index (χ2v) is 8.60. The summed E-state index contributed by atoms with van der Waals surface area (Å²) >= 11 is 0. The SMILES string of the molecule is COc1cc(OC)c(Oc2ccc3c(c2)CC[C@H](CNC[C@H](O)COc2ccccc2)O3)c(C(=O)O)c1. The summed E-state index contributed by atoms with van der Waals surface area (Å²) in [5.41, 5.74) is 0.905. The molecule has 196 valence electrons. The molecule has 1 aliphatic heterocycles. The van der Waals surface area contributed by atoms with Crippen LogP contribution in [0, 0.1) is 0 Å². The molecule has 0 bridgehead atoms. The van der Waals surface area contributed by atoms with Crippen molar-refractivity contribution in [1.82, 2.24) is 5.32 Å². The van der Waals surface area contributed by atoms with Crippen LogP contribution in [0.2, 0.25) is 0 Å². The van der Waals surface area contributed by atoms with Crippen molar-refractivity contribution in [1.29, 1.82) is 0 Å². The molecule has 0 fully saturated rings. The van der Waals surface area contributed by atoms with Crippen LogP contribution in [0.25, 0.3) is 0 Å². The number of ether oxygens (including phenoxy) is 5. The van der Waals surface area contributed by atoms with E-state index in [1.165, 1.54) is 20.3 Å². The Morgan fingerprint density at radius 1 is 1.05 bits per heavy atom. The van der Waals surface area contributed by atoms with E-state index >= 15 is 0 Å². The Bertz CT molecular complexity index is 1200. The van der Waals surface area contributed by atoms with Crippen LogP contribution in [0.1, 0.15) is 22.3 Å². The summed E-state index contributed by atoms with van der Waals surface area (Å²) < 4.78 is 28.2. The Hall–Kier alpha value is -3.95. The van der Waals surface area contributed by atoms with E-state index in [9.17, 15) is 15.0 Å². The number of rotatable bonds is 12. The molecule has 0 aromatic heterocycles. The summed E-state index contributed by atoms with van der Waals surface area (Å²) in [6.45, 7) is 1.18. The molecule has 1 heterocycles. The number of carbonyl (C=O) groups is 1. The molecule has 0 radical (unpaired) electrons. The fraction of sp³-hybridized carbons (Fsp3) is 0.321. The van der Waals surface area contributed by atoms with Gasteiger partial charge in [0.25, 0.3) is 0 Å². The van der Waals surface area contributed by atoms with Crippen molar-refractivity contribution in [2.75, 3.05) is 33.9 Å². The van der Waals surface area contributed by atoms with Gasteiger partial charge in [0.05, 0.1) is 14.2 Å². The fourth-order valence-electron chi connectivity index (χ4n) is 4.04. The minimum absolute atomic E-state index is 0.0400. The number of benzene rings is 3. The van der Waals surface area contributed by atoms with E-state index in [0.717, 1.165) is 29.9 Å². The molecule has 2 atom stereocenters. The second-order valence-electron chi connectivity index (χ2n) is 8.60. The first-order valence-corrected chi connectivity index (χ1v) is 12.0. The van der Waals surface area contributed by atoms with Gasteiger partial charge in [0, 0.05) is 19.2 Å².